The third kappa shape index (κ3) is 9.73. The van der Waals surface area contributed by atoms with Gasteiger partial charge in [-0.2, -0.15) is 26.3 Å². The van der Waals surface area contributed by atoms with E-state index in [1.54, 1.807) is 32.9 Å². The van der Waals surface area contributed by atoms with E-state index in [9.17, 15) is 26.3 Å². The first kappa shape index (κ1) is 35.3. The summed E-state index contributed by atoms with van der Waals surface area (Å²) in [5.41, 5.74) is 1.05. The van der Waals surface area contributed by atoms with Gasteiger partial charge >= 0.3 is 12.4 Å². The van der Waals surface area contributed by atoms with Crippen LogP contribution >= 0.6 is 0 Å². The largest absolute Gasteiger partial charge is 0.419 e. The van der Waals surface area contributed by atoms with Crippen molar-refractivity contribution in [1.82, 2.24) is 10.2 Å². The summed E-state index contributed by atoms with van der Waals surface area (Å²) in [5.74, 6) is -0.178. The summed E-state index contributed by atoms with van der Waals surface area (Å²) < 4.78 is 82.5. The molecule has 2 aliphatic heterocycles. The van der Waals surface area contributed by atoms with Crippen LogP contribution in [-0.2, 0) is 0 Å². The number of nitrogens with one attached hydrogen (secondary N) is 1. The minimum Gasteiger partial charge on any atom is -0.376 e. The molecule has 1 unspecified atom stereocenters. The molecule has 0 aromatic rings. The molecule has 0 saturated carbocycles. The van der Waals surface area contributed by atoms with Gasteiger partial charge in [0.25, 0.3) is 0 Å². The molecule has 0 radical (unpaired) electrons. The molecule has 1 saturated heterocycles. The minimum absolute atomic E-state index is 0.178. The molecule has 2 heterocycles. The lowest BCUT2D eigenvalue weighted by Gasteiger charge is -2.33. The van der Waals surface area contributed by atoms with Gasteiger partial charge in [-0.1, -0.05) is 58.4 Å². The molecule has 2 atom stereocenters. The van der Waals surface area contributed by atoms with Crippen LogP contribution in [0.2, 0.25) is 0 Å². The second kappa shape index (κ2) is 15.9. The minimum atomic E-state index is -4.54. The third-order valence-electron chi connectivity index (χ3n) is 6.73. The van der Waals surface area contributed by atoms with E-state index in [1.807, 2.05) is 45.7 Å². The summed E-state index contributed by atoms with van der Waals surface area (Å²) in [6.45, 7) is 13.6. The Bertz CT molecular complexity index is 1050. The number of rotatable bonds is 8. The second-order valence-corrected chi connectivity index (χ2v) is 9.58. The number of halogens is 6. The number of aliphatic imine (C=N–C) groups is 1. The Hall–Kier alpha value is -2.71. The number of likely N-dealkylation sites (N-methyl/N-ethyl adjacent to an activating group) is 1. The monoisotopic (exact) mass is 573 g/mol. The highest BCUT2D eigenvalue weighted by Gasteiger charge is 2.41. The van der Waals surface area contributed by atoms with E-state index in [-0.39, 0.29) is 12.3 Å². The fourth-order valence-electron chi connectivity index (χ4n) is 4.51. The maximum Gasteiger partial charge on any atom is 0.419 e. The normalized spacial score (nSPS) is 23.8. The number of likely N-dealkylation sites (tertiary alicyclic amines) is 1. The first-order valence-corrected chi connectivity index (χ1v) is 14.1. The number of hydrogen-bond donors (Lipinski definition) is 1. The van der Waals surface area contributed by atoms with Gasteiger partial charge in [-0.3, -0.25) is 4.99 Å². The molecule has 0 aliphatic carbocycles. The second-order valence-electron chi connectivity index (χ2n) is 9.58. The Kier molecular flexibility index (Phi) is 14.1. The highest BCUT2D eigenvalue weighted by molar-refractivity contribution is 6.02. The molecular formula is C31H45F6N3. The summed E-state index contributed by atoms with van der Waals surface area (Å²) in [6, 6.07) is -1.02. The number of piperidine rings is 1. The van der Waals surface area contributed by atoms with Gasteiger partial charge in [0.15, 0.2) is 0 Å². The lowest BCUT2D eigenvalue weighted by atomic mass is 9.92. The van der Waals surface area contributed by atoms with Gasteiger partial charge in [0, 0.05) is 25.3 Å². The predicted molar refractivity (Wildman–Crippen MR) is 154 cm³/mol. The van der Waals surface area contributed by atoms with Crippen molar-refractivity contribution in [3.05, 3.63) is 70.0 Å². The summed E-state index contributed by atoms with van der Waals surface area (Å²) in [6.07, 6.45) is 2.13. The zero-order valence-electron chi connectivity index (χ0n) is 25.0. The Balaban J connectivity index is 0.00000391. The van der Waals surface area contributed by atoms with Gasteiger partial charge in [-0.05, 0) is 75.3 Å². The zero-order chi connectivity index (χ0) is 30.7. The molecule has 0 spiro atoms. The summed E-state index contributed by atoms with van der Waals surface area (Å²) >= 11 is 0. The van der Waals surface area contributed by atoms with E-state index >= 15 is 0 Å². The predicted octanol–water partition coefficient (Wildman–Crippen LogP) is 9.39. The number of alkyl halides is 6. The SMILES string of the molecule is CC.C\C=C/C(=C\C(=C\CC)C(F)(F)F)C(/C=C1/C(N=C2N[C@H](CC)C=C2C(F)(F)F)CCCN1C)=C(C)CC. The highest BCUT2D eigenvalue weighted by atomic mass is 19.4. The first-order valence-electron chi connectivity index (χ1n) is 14.1. The van der Waals surface area contributed by atoms with Gasteiger partial charge < -0.3 is 10.2 Å². The molecule has 1 N–H and O–H groups in total. The standard InChI is InChI=1S/C29H39F6N3.C2H6/c1-7-12-20(16-21(13-8-2)28(30,31)32)23(19(5)9-3)18-26-25(14-11-15-38(26)6)37-27-24(29(33,34)35)17-22(10-4)36-27;1-2/h7,12-13,16-18,22,25H,8-11,14-15H2,1-6H3,(H,36,37);1-2H3/b12-7-,20-16+,21-13-,23-19?,26-18-;/t22-,25?;/m1./s1. The zero-order valence-corrected chi connectivity index (χ0v) is 25.0. The van der Waals surface area contributed by atoms with Crippen LogP contribution in [-0.4, -0.2) is 48.8 Å². The Morgan fingerprint density at radius 2 is 1.77 bits per heavy atom. The Labute approximate surface area is 236 Å². The maximum atomic E-state index is 13.8. The van der Waals surface area contributed by atoms with E-state index in [2.05, 4.69) is 10.3 Å². The van der Waals surface area contributed by atoms with Crippen LogP contribution in [0.1, 0.15) is 80.6 Å². The molecule has 0 aromatic heterocycles. The molecule has 2 aliphatic rings. The van der Waals surface area contributed by atoms with Crippen molar-refractivity contribution in [2.45, 2.75) is 105 Å². The number of amidine groups is 1. The molecule has 0 bridgehead atoms. The van der Waals surface area contributed by atoms with Crippen LogP contribution in [0, 0.1) is 0 Å². The summed E-state index contributed by atoms with van der Waals surface area (Å²) in [7, 11) is 1.84. The van der Waals surface area contributed by atoms with Crippen molar-refractivity contribution in [3.63, 3.8) is 0 Å². The van der Waals surface area contributed by atoms with Crippen LogP contribution < -0.4 is 5.32 Å². The average molecular weight is 574 g/mol. The van der Waals surface area contributed by atoms with Gasteiger partial charge in [0.2, 0.25) is 0 Å². The average Bonchev–Trinajstić information content (AvgIpc) is 3.32. The van der Waals surface area contributed by atoms with Gasteiger partial charge in [0.1, 0.15) is 5.84 Å². The van der Waals surface area contributed by atoms with E-state index in [1.165, 1.54) is 6.08 Å². The fraction of sp³-hybridized carbons (Fsp3) is 0.581. The lowest BCUT2D eigenvalue weighted by Crippen LogP contribution is -2.36. The van der Waals surface area contributed by atoms with Crippen molar-refractivity contribution in [2.75, 3.05) is 13.6 Å². The Morgan fingerprint density at radius 3 is 2.27 bits per heavy atom. The van der Waals surface area contributed by atoms with E-state index in [0.29, 0.717) is 42.7 Å². The smallest absolute Gasteiger partial charge is 0.376 e. The van der Waals surface area contributed by atoms with E-state index < -0.39 is 35.6 Å². The quantitative estimate of drug-likeness (QED) is 0.231. The topological polar surface area (TPSA) is 27.6 Å². The maximum absolute atomic E-state index is 13.8. The van der Waals surface area contributed by atoms with Crippen LogP contribution in [0.5, 0.6) is 0 Å². The lowest BCUT2D eigenvalue weighted by molar-refractivity contribution is -0.0887. The van der Waals surface area contributed by atoms with Crippen LogP contribution in [0.3, 0.4) is 0 Å². The van der Waals surface area contributed by atoms with Crippen LogP contribution in [0.15, 0.2) is 75.0 Å². The molecular weight excluding hydrogens is 528 g/mol. The molecule has 2 rings (SSSR count). The van der Waals surface area contributed by atoms with Gasteiger partial charge in [-0.15, -0.1) is 0 Å². The molecule has 0 aromatic carbocycles. The third-order valence-corrected chi connectivity index (χ3v) is 6.73. The number of allylic oxidation sites excluding steroid dienone is 9. The number of hydrogen-bond acceptors (Lipinski definition) is 2. The van der Waals surface area contributed by atoms with E-state index in [4.69, 9.17) is 0 Å². The van der Waals surface area contributed by atoms with Crippen molar-refractivity contribution in [3.8, 4) is 0 Å². The van der Waals surface area contributed by atoms with Crippen molar-refractivity contribution >= 4 is 5.84 Å². The summed E-state index contributed by atoms with van der Waals surface area (Å²) in [5, 5.41) is 2.89. The van der Waals surface area contributed by atoms with Crippen LogP contribution in [0.4, 0.5) is 26.3 Å². The molecule has 3 nitrogen and oxygen atoms in total. The molecule has 1 fully saturated rings. The molecule has 40 heavy (non-hydrogen) atoms. The number of nitrogens with zero attached hydrogens (tertiary/aromatic N) is 2. The van der Waals surface area contributed by atoms with Gasteiger partial charge in [-0.25, -0.2) is 0 Å². The van der Waals surface area contributed by atoms with E-state index in [0.717, 1.165) is 24.1 Å². The summed E-state index contributed by atoms with van der Waals surface area (Å²) in [4.78, 5) is 6.48. The van der Waals surface area contributed by atoms with Crippen molar-refractivity contribution < 1.29 is 26.3 Å². The van der Waals surface area contributed by atoms with Crippen LogP contribution in [0.25, 0.3) is 0 Å². The van der Waals surface area contributed by atoms with Gasteiger partial charge in [0.05, 0.1) is 17.2 Å². The Morgan fingerprint density at radius 1 is 1.12 bits per heavy atom. The fourth-order valence-corrected chi connectivity index (χ4v) is 4.51. The highest BCUT2D eigenvalue weighted by Crippen LogP contribution is 2.35. The molecule has 9 heteroatoms. The molecule has 226 valence electrons. The van der Waals surface area contributed by atoms with Crippen molar-refractivity contribution in [2.24, 2.45) is 4.99 Å². The molecule has 0 amide bonds. The van der Waals surface area contributed by atoms with Crippen molar-refractivity contribution in [1.29, 1.82) is 0 Å². The first-order chi connectivity index (χ1) is 18.8.